The van der Waals surface area contributed by atoms with Crippen molar-refractivity contribution >= 4 is 23.5 Å². The molecule has 1 aromatic heterocycles. The topological polar surface area (TPSA) is 53.9 Å². The van der Waals surface area contributed by atoms with Crippen LogP contribution >= 0.6 is 11.6 Å². The average Bonchev–Trinajstić information content (AvgIpc) is 2.98. The number of hydrogen-bond acceptors (Lipinski definition) is 5. The quantitative estimate of drug-likeness (QED) is 0.789. The maximum absolute atomic E-state index is 6.06. The van der Waals surface area contributed by atoms with E-state index in [9.17, 15) is 0 Å². The molecule has 0 aliphatic carbocycles. The van der Waals surface area contributed by atoms with Crippen LogP contribution in [0.15, 0.2) is 0 Å². The molecule has 0 amide bonds. The van der Waals surface area contributed by atoms with Crippen molar-refractivity contribution in [2.45, 2.75) is 64.8 Å². The summed E-state index contributed by atoms with van der Waals surface area (Å²) in [6.07, 6.45) is 8.24. The van der Waals surface area contributed by atoms with E-state index < -0.39 is 0 Å². The second-order valence-corrected chi connectivity index (χ2v) is 6.03. The van der Waals surface area contributed by atoms with Gasteiger partial charge in [-0.15, -0.1) is 0 Å². The molecule has 1 aromatic rings. The van der Waals surface area contributed by atoms with E-state index in [1.807, 2.05) is 0 Å². The zero-order valence-corrected chi connectivity index (χ0v) is 13.9. The molecular formula is C15H26ClN5. The van der Waals surface area contributed by atoms with Crippen molar-refractivity contribution in [2.75, 3.05) is 23.3 Å². The zero-order chi connectivity index (χ0) is 15.1. The minimum absolute atomic E-state index is 0.278. The maximum Gasteiger partial charge on any atom is 0.231 e. The van der Waals surface area contributed by atoms with Gasteiger partial charge < -0.3 is 10.2 Å². The third kappa shape index (κ3) is 4.99. The van der Waals surface area contributed by atoms with E-state index in [4.69, 9.17) is 11.6 Å². The van der Waals surface area contributed by atoms with E-state index in [1.165, 1.54) is 25.7 Å². The van der Waals surface area contributed by atoms with Crippen LogP contribution in [0.5, 0.6) is 0 Å². The summed E-state index contributed by atoms with van der Waals surface area (Å²) in [5, 5.41) is 3.72. The molecule has 21 heavy (non-hydrogen) atoms. The average molecular weight is 312 g/mol. The third-order valence-electron chi connectivity index (χ3n) is 3.86. The predicted molar refractivity (Wildman–Crippen MR) is 88.1 cm³/mol. The first-order chi connectivity index (χ1) is 10.2. The van der Waals surface area contributed by atoms with Gasteiger partial charge in [0, 0.05) is 19.1 Å². The number of anilines is 2. The lowest BCUT2D eigenvalue weighted by molar-refractivity contribution is 0.560. The van der Waals surface area contributed by atoms with E-state index in [2.05, 4.69) is 39.0 Å². The molecule has 2 heterocycles. The number of nitrogens with zero attached hydrogens (tertiary/aromatic N) is 4. The summed E-state index contributed by atoms with van der Waals surface area (Å²) in [4.78, 5) is 15.2. The molecule has 0 radical (unpaired) electrons. The van der Waals surface area contributed by atoms with Crippen LogP contribution in [0.3, 0.4) is 0 Å². The summed E-state index contributed by atoms with van der Waals surface area (Å²) in [6.45, 7) is 6.44. The number of halogens is 1. The highest BCUT2D eigenvalue weighted by Gasteiger charge is 2.18. The molecule has 1 fully saturated rings. The van der Waals surface area contributed by atoms with Gasteiger partial charge in [0.15, 0.2) is 0 Å². The molecule has 1 unspecified atom stereocenters. The minimum atomic E-state index is 0.278. The van der Waals surface area contributed by atoms with Gasteiger partial charge in [0.05, 0.1) is 0 Å². The largest absolute Gasteiger partial charge is 0.351 e. The minimum Gasteiger partial charge on any atom is -0.351 e. The first-order valence-electron chi connectivity index (χ1n) is 8.16. The molecule has 1 saturated heterocycles. The van der Waals surface area contributed by atoms with Crippen LogP contribution in [0.2, 0.25) is 5.28 Å². The van der Waals surface area contributed by atoms with Gasteiger partial charge in [0.25, 0.3) is 0 Å². The van der Waals surface area contributed by atoms with Crippen molar-refractivity contribution in [3.63, 3.8) is 0 Å². The highest BCUT2D eigenvalue weighted by atomic mass is 35.5. The van der Waals surface area contributed by atoms with Gasteiger partial charge in [-0.1, -0.05) is 33.1 Å². The second-order valence-electron chi connectivity index (χ2n) is 5.69. The molecule has 1 N–H and O–H groups in total. The Hall–Kier alpha value is -1.10. The van der Waals surface area contributed by atoms with Crippen LogP contribution < -0.4 is 10.2 Å². The molecule has 0 bridgehead atoms. The lowest BCUT2D eigenvalue weighted by atomic mass is 10.1. The molecule has 0 saturated carbocycles. The van der Waals surface area contributed by atoms with Crippen molar-refractivity contribution < 1.29 is 0 Å². The summed E-state index contributed by atoms with van der Waals surface area (Å²) < 4.78 is 0. The Morgan fingerprint density at radius 2 is 1.86 bits per heavy atom. The summed E-state index contributed by atoms with van der Waals surface area (Å²) in [6, 6.07) is 0.417. The number of aromatic nitrogens is 3. The van der Waals surface area contributed by atoms with Gasteiger partial charge in [-0.3, -0.25) is 0 Å². The van der Waals surface area contributed by atoms with Crippen molar-refractivity contribution in [3.05, 3.63) is 5.28 Å². The van der Waals surface area contributed by atoms with Crippen molar-refractivity contribution in [1.29, 1.82) is 0 Å². The monoisotopic (exact) mass is 311 g/mol. The van der Waals surface area contributed by atoms with Gasteiger partial charge in [0.1, 0.15) is 0 Å². The number of hydrogen-bond donors (Lipinski definition) is 1. The third-order valence-corrected chi connectivity index (χ3v) is 4.03. The predicted octanol–water partition coefficient (Wildman–Crippen LogP) is 3.90. The normalized spacial score (nSPS) is 16.2. The van der Waals surface area contributed by atoms with Crippen LogP contribution in [0.1, 0.15) is 58.8 Å². The van der Waals surface area contributed by atoms with Gasteiger partial charge in [-0.2, -0.15) is 15.0 Å². The Morgan fingerprint density at radius 1 is 1.10 bits per heavy atom. The summed E-state index contributed by atoms with van der Waals surface area (Å²) in [5.41, 5.74) is 0. The van der Waals surface area contributed by atoms with Gasteiger partial charge >= 0.3 is 0 Å². The molecule has 2 rings (SSSR count). The van der Waals surface area contributed by atoms with Crippen molar-refractivity contribution in [2.24, 2.45) is 0 Å². The zero-order valence-electron chi connectivity index (χ0n) is 13.1. The number of rotatable bonds is 8. The summed E-state index contributed by atoms with van der Waals surface area (Å²) >= 11 is 6.06. The molecule has 1 aliphatic heterocycles. The summed E-state index contributed by atoms with van der Waals surface area (Å²) in [7, 11) is 0. The smallest absolute Gasteiger partial charge is 0.231 e. The Bertz CT molecular complexity index is 434. The molecule has 1 atom stereocenters. The SMILES string of the molecule is CCCCC(CCC)Nc1nc(Cl)nc(N2CCCC2)n1. The number of unbranched alkanes of at least 4 members (excludes halogenated alkanes) is 1. The number of nitrogens with one attached hydrogen (secondary N) is 1. The molecule has 0 aromatic carbocycles. The van der Waals surface area contributed by atoms with Crippen LogP contribution in [-0.4, -0.2) is 34.1 Å². The van der Waals surface area contributed by atoms with Gasteiger partial charge in [0.2, 0.25) is 17.2 Å². The fraction of sp³-hybridized carbons (Fsp3) is 0.800. The Labute approximate surface area is 132 Å². The molecule has 5 nitrogen and oxygen atoms in total. The first-order valence-corrected chi connectivity index (χ1v) is 8.53. The van der Waals surface area contributed by atoms with E-state index >= 15 is 0 Å². The first kappa shape index (κ1) is 16.3. The van der Waals surface area contributed by atoms with Crippen LogP contribution in [-0.2, 0) is 0 Å². The molecule has 118 valence electrons. The van der Waals surface area contributed by atoms with Crippen molar-refractivity contribution in [3.8, 4) is 0 Å². The Kier molecular flexibility index (Phi) is 6.49. The fourth-order valence-corrected chi connectivity index (χ4v) is 2.89. The van der Waals surface area contributed by atoms with Crippen LogP contribution in [0.25, 0.3) is 0 Å². The highest BCUT2D eigenvalue weighted by Crippen LogP contribution is 2.20. The van der Waals surface area contributed by atoms with Crippen LogP contribution in [0, 0.1) is 0 Å². The lowest BCUT2D eigenvalue weighted by Gasteiger charge is -2.20. The van der Waals surface area contributed by atoms with Crippen molar-refractivity contribution in [1.82, 2.24) is 15.0 Å². The molecule has 1 aliphatic rings. The maximum atomic E-state index is 6.06. The van der Waals surface area contributed by atoms with E-state index in [-0.39, 0.29) is 5.28 Å². The van der Waals surface area contributed by atoms with E-state index in [0.717, 1.165) is 32.4 Å². The second kappa shape index (κ2) is 8.37. The lowest BCUT2D eigenvalue weighted by Crippen LogP contribution is -2.24. The molecule has 0 spiro atoms. The highest BCUT2D eigenvalue weighted by molar-refractivity contribution is 6.28. The fourth-order valence-electron chi connectivity index (χ4n) is 2.73. The van der Waals surface area contributed by atoms with E-state index in [1.54, 1.807) is 0 Å². The molecule has 6 heteroatoms. The Morgan fingerprint density at radius 3 is 2.52 bits per heavy atom. The van der Waals surface area contributed by atoms with Crippen LogP contribution in [0.4, 0.5) is 11.9 Å². The Balaban J connectivity index is 2.06. The summed E-state index contributed by atoms with van der Waals surface area (Å²) in [5.74, 6) is 1.33. The molecular weight excluding hydrogens is 286 g/mol. The van der Waals surface area contributed by atoms with Gasteiger partial charge in [-0.05, 0) is 37.3 Å². The standard InChI is InChI=1S/C15H26ClN5/c1-3-5-9-12(8-4-2)17-14-18-13(16)19-15(20-14)21-10-6-7-11-21/h12H,3-11H2,1-2H3,(H,17,18,19,20). The van der Waals surface area contributed by atoms with E-state index in [0.29, 0.717) is 17.9 Å². The van der Waals surface area contributed by atoms with Gasteiger partial charge in [-0.25, -0.2) is 0 Å².